The number of hydrogen-bond acceptors (Lipinski definition) is 2. The van der Waals surface area contributed by atoms with Gasteiger partial charge in [0.25, 0.3) is 0 Å². The van der Waals surface area contributed by atoms with E-state index in [9.17, 15) is 4.79 Å². The first-order valence-corrected chi connectivity index (χ1v) is 5.98. The topological polar surface area (TPSA) is 46.5 Å². The molecule has 15 heavy (non-hydrogen) atoms. The lowest BCUT2D eigenvalue weighted by atomic mass is 9.78. The van der Waals surface area contributed by atoms with Gasteiger partial charge in [-0.15, -0.1) is 0 Å². The molecule has 0 aromatic rings. The number of rotatable bonds is 4. The molecule has 3 heteroatoms. The van der Waals surface area contributed by atoms with Gasteiger partial charge in [0.05, 0.1) is 12.0 Å². The van der Waals surface area contributed by atoms with E-state index < -0.39 is 5.97 Å². The van der Waals surface area contributed by atoms with Crippen molar-refractivity contribution >= 4 is 5.97 Å². The summed E-state index contributed by atoms with van der Waals surface area (Å²) < 4.78 is 5.56. The van der Waals surface area contributed by atoms with Crippen LogP contribution in [0.1, 0.15) is 38.5 Å². The van der Waals surface area contributed by atoms with Crippen molar-refractivity contribution in [2.24, 2.45) is 17.8 Å². The maximum atomic E-state index is 10.8. The minimum absolute atomic E-state index is 0.0991. The Kier molecular flexibility index (Phi) is 3.29. The first kappa shape index (κ1) is 10.9. The van der Waals surface area contributed by atoms with Gasteiger partial charge in [-0.05, 0) is 50.4 Å². The van der Waals surface area contributed by atoms with Gasteiger partial charge >= 0.3 is 5.97 Å². The Hall–Kier alpha value is -0.570. The molecule has 0 saturated heterocycles. The highest BCUT2D eigenvalue weighted by molar-refractivity contribution is 5.69. The summed E-state index contributed by atoms with van der Waals surface area (Å²) in [5.41, 5.74) is 0. The zero-order valence-electron chi connectivity index (χ0n) is 9.32. The summed E-state index contributed by atoms with van der Waals surface area (Å²) in [6, 6.07) is 0. The molecule has 3 nitrogen and oxygen atoms in total. The van der Waals surface area contributed by atoms with E-state index in [1.807, 2.05) is 0 Å². The molecule has 0 aromatic carbocycles. The summed E-state index contributed by atoms with van der Waals surface area (Å²) in [4.78, 5) is 10.8. The molecule has 2 aliphatic carbocycles. The van der Waals surface area contributed by atoms with Gasteiger partial charge in [-0.25, -0.2) is 0 Å². The van der Waals surface area contributed by atoms with Crippen LogP contribution in [0, 0.1) is 17.8 Å². The van der Waals surface area contributed by atoms with Gasteiger partial charge in [-0.1, -0.05) is 0 Å². The van der Waals surface area contributed by atoms with Crippen LogP contribution in [0.15, 0.2) is 0 Å². The molecular weight excluding hydrogens is 192 g/mol. The van der Waals surface area contributed by atoms with Crippen LogP contribution in [0.3, 0.4) is 0 Å². The number of carboxylic acid groups (broad SMARTS) is 1. The van der Waals surface area contributed by atoms with Crippen LogP contribution in [-0.2, 0) is 9.53 Å². The Morgan fingerprint density at radius 2 is 1.60 bits per heavy atom. The van der Waals surface area contributed by atoms with Crippen LogP contribution in [0.25, 0.3) is 0 Å². The van der Waals surface area contributed by atoms with Gasteiger partial charge in [-0.2, -0.15) is 0 Å². The highest BCUT2D eigenvalue weighted by Gasteiger charge is 2.39. The quantitative estimate of drug-likeness (QED) is 0.777. The zero-order chi connectivity index (χ0) is 10.8. The summed E-state index contributed by atoms with van der Waals surface area (Å²) >= 11 is 0. The van der Waals surface area contributed by atoms with E-state index in [0.717, 1.165) is 31.6 Å². The van der Waals surface area contributed by atoms with E-state index >= 15 is 0 Å². The molecule has 1 unspecified atom stereocenters. The number of aliphatic carboxylic acids is 1. The average Bonchev–Trinajstić information content (AvgIpc) is 3.04. The fourth-order valence-electron chi connectivity index (χ4n) is 2.89. The molecule has 86 valence electrons. The number of carboxylic acids is 1. The molecule has 0 radical (unpaired) electrons. The molecule has 1 atom stereocenters. The summed E-state index contributed by atoms with van der Waals surface area (Å²) in [5, 5.41) is 8.91. The SMILES string of the molecule is COC(C1CCC(C(=O)O)CC1)C1CC1. The molecule has 2 rings (SSSR count). The van der Waals surface area contributed by atoms with Crippen LogP contribution in [0.2, 0.25) is 0 Å². The first-order chi connectivity index (χ1) is 7.22. The van der Waals surface area contributed by atoms with Crippen LogP contribution in [0.5, 0.6) is 0 Å². The second-order valence-corrected chi connectivity index (χ2v) is 4.99. The van der Waals surface area contributed by atoms with Crippen molar-refractivity contribution in [3.8, 4) is 0 Å². The van der Waals surface area contributed by atoms with Crippen LogP contribution in [0.4, 0.5) is 0 Å². The van der Waals surface area contributed by atoms with Crippen LogP contribution in [-0.4, -0.2) is 24.3 Å². The Labute approximate surface area is 90.8 Å². The molecule has 0 amide bonds. The summed E-state index contributed by atoms with van der Waals surface area (Å²) in [5.74, 6) is 0.659. The van der Waals surface area contributed by atoms with Gasteiger partial charge in [0.15, 0.2) is 0 Å². The Morgan fingerprint density at radius 1 is 1.13 bits per heavy atom. The number of methoxy groups -OCH3 is 1. The smallest absolute Gasteiger partial charge is 0.306 e. The third-order valence-electron chi connectivity index (χ3n) is 3.94. The van der Waals surface area contributed by atoms with E-state index in [1.54, 1.807) is 7.11 Å². The Morgan fingerprint density at radius 3 is 1.93 bits per heavy atom. The third-order valence-corrected chi connectivity index (χ3v) is 3.94. The lowest BCUT2D eigenvalue weighted by molar-refractivity contribution is -0.143. The first-order valence-electron chi connectivity index (χ1n) is 5.98. The summed E-state index contributed by atoms with van der Waals surface area (Å²) in [6.45, 7) is 0. The predicted octanol–water partition coefficient (Wildman–Crippen LogP) is 2.30. The monoisotopic (exact) mass is 212 g/mol. The fraction of sp³-hybridized carbons (Fsp3) is 0.917. The summed E-state index contributed by atoms with van der Waals surface area (Å²) in [6.07, 6.45) is 6.76. The molecule has 2 saturated carbocycles. The van der Waals surface area contributed by atoms with E-state index in [1.165, 1.54) is 12.8 Å². The molecule has 0 aromatic heterocycles. The minimum atomic E-state index is -0.617. The van der Waals surface area contributed by atoms with Crippen LogP contribution >= 0.6 is 0 Å². The van der Waals surface area contributed by atoms with E-state index in [-0.39, 0.29) is 5.92 Å². The van der Waals surface area contributed by atoms with Gasteiger partial charge in [-0.3, -0.25) is 4.79 Å². The van der Waals surface area contributed by atoms with Gasteiger partial charge in [0.1, 0.15) is 0 Å². The Bertz CT molecular complexity index is 227. The van der Waals surface area contributed by atoms with Crippen molar-refractivity contribution in [2.75, 3.05) is 7.11 Å². The van der Waals surface area contributed by atoms with E-state index in [4.69, 9.17) is 9.84 Å². The van der Waals surface area contributed by atoms with E-state index in [0.29, 0.717) is 12.0 Å². The number of hydrogen-bond donors (Lipinski definition) is 1. The molecule has 0 bridgehead atoms. The highest BCUT2D eigenvalue weighted by atomic mass is 16.5. The van der Waals surface area contributed by atoms with Crippen molar-refractivity contribution in [3.63, 3.8) is 0 Å². The normalized spacial score (nSPS) is 33.7. The molecule has 2 fully saturated rings. The third kappa shape index (κ3) is 2.51. The maximum absolute atomic E-state index is 10.8. The Balaban J connectivity index is 1.83. The lowest BCUT2D eigenvalue weighted by Crippen LogP contribution is -2.31. The molecule has 0 aliphatic heterocycles. The molecule has 0 heterocycles. The van der Waals surface area contributed by atoms with Gasteiger partial charge in [0, 0.05) is 7.11 Å². The average molecular weight is 212 g/mol. The van der Waals surface area contributed by atoms with E-state index in [2.05, 4.69) is 0 Å². The number of ether oxygens (including phenoxy) is 1. The standard InChI is InChI=1S/C12H20O3/c1-15-11(8-2-3-8)9-4-6-10(7-5-9)12(13)14/h8-11H,2-7H2,1H3,(H,13,14). The van der Waals surface area contributed by atoms with Crippen LogP contribution < -0.4 is 0 Å². The lowest BCUT2D eigenvalue weighted by Gasteiger charge is -2.31. The molecule has 0 spiro atoms. The second kappa shape index (κ2) is 4.52. The number of carbonyl (C=O) groups is 1. The van der Waals surface area contributed by atoms with Crippen molar-refractivity contribution in [1.82, 2.24) is 0 Å². The summed E-state index contributed by atoms with van der Waals surface area (Å²) in [7, 11) is 1.80. The van der Waals surface area contributed by atoms with Crippen molar-refractivity contribution in [3.05, 3.63) is 0 Å². The molecule has 1 N–H and O–H groups in total. The zero-order valence-corrected chi connectivity index (χ0v) is 9.32. The molecule has 2 aliphatic rings. The highest BCUT2D eigenvalue weighted by Crippen LogP contribution is 2.42. The van der Waals surface area contributed by atoms with Gasteiger partial charge in [0.2, 0.25) is 0 Å². The van der Waals surface area contributed by atoms with Crippen molar-refractivity contribution < 1.29 is 14.6 Å². The fourth-order valence-corrected chi connectivity index (χ4v) is 2.89. The molecular formula is C12H20O3. The van der Waals surface area contributed by atoms with Gasteiger partial charge < -0.3 is 9.84 Å². The maximum Gasteiger partial charge on any atom is 0.306 e. The second-order valence-electron chi connectivity index (χ2n) is 4.99. The van der Waals surface area contributed by atoms with Crippen molar-refractivity contribution in [1.29, 1.82) is 0 Å². The van der Waals surface area contributed by atoms with Crippen molar-refractivity contribution in [2.45, 2.75) is 44.6 Å². The predicted molar refractivity (Wildman–Crippen MR) is 56.6 cm³/mol. The largest absolute Gasteiger partial charge is 0.481 e. The minimum Gasteiger partial charge on any atom is -0.481 e.